The van der Waals surface area contributed by atoms with Gasteiger partial charge < -0.3 is 28.5 Å². The molecule has 410 valence electrons. The molecule has 9 heteroatoms. The molecule has 0 bridgehead atoms. The third kappa shape index (κ3) is 53.9. The molecule has 0 spiro atoms. The molecule has 0 rings (SSSR count). The predicted octanol–water partition coefficient (Wildman–Crippen LogP) is 17.6. The van der Waals surface area contributed by atoms with Crippen LogP contribution < -0.4 is 0 Å². The fourth-order valence-corrected chi connectivity index (χ4v) is 9.19. The second-order valence-electron chi connectivity index (χ2n) is 22.0. The highest BCUT2D eigenvalue weighted by Gasteiger charge is 2.25. The average Bonchev–Trinajstić information content (AvgIpc) is 3.31. The summed E-state index contributed by atoms with van der Waals surface area (Å²) >= 11 is 0. The van der Waals surface area contributed by atoms with Gasteiger partial charge in [-0.15, -0.1) is 0 Å². The molecule has 0 fully saturated rings. The molecule has 0 aliphatic carbocycles. The summed E-state index contributed by atoms with van der Waals surface area (Å²) in [5, 5.41) is 9.71. The van der Waals surface area contributed by atoms with Gasteiger partial charge >= 0.3 is 17.9 Å². The topological polar surface area (TPSA) is 108 Å². The minimum atomic E-state index is -1.50. The maximum absolute atomic E-state index is 12.9. The summed E-state index contributed by atoms with van der Waals surface area (Å²) in [6, 6.07) is 0. The van der Waals surface area contributed by atoms with Gasteiger partial charge in [-0.3, -0.25) is 9.59 Å². The molecule has 69 heavy (non-hydrogen) atoms. The number of hydrogen-bond donors (Lipinski definition) is 1. The number of nitrogens with zero attached hydrogens (tertiary/aromatic N) is 1. The number of rotatable bonds is 57. The monoisotopic (exact) mass is 981 g/mol. The summed E-state index contributed by atoms with van der Waals surface area (Å²) in [5.41, 5.74) is 0. The minimum Gasteiger partial charge on any atom is -0.477 e. The summed E-state index contributed by atoms with van der Waals surface area (Å²) in [6.45, 7) is 4.96. The molecule has 0 aliphatic heterocycles. The molecule has 0 saturated carbocycles. The molecule has 0 heterocycles. The maximum Gasteiger partial charge on any atom is 0.361 e. The van der Waals surface area contributed by atoms with Crippen LogP contribution in [-0.4, -0.2) is 87.4 Å². The van der Waals surface area contributed by atoms with Crippen LogP contribution in [0.4, 0.5) is 0 Å². The first-order valence-corrected chi connectivity index (χ1v) is 30.2. The number of aliphatic carboxylic acids is 1. The van der Waals surface area contributed by atoms with Gasteiger partial charge in [0.1, 0.15) is 13.2 Å². The van der Waals surface area contributed by atoms with Gasteiger partial charge in [-0.1, -0.05) is 284 Å². The molecule has 0 amide bonds. The summed E-state index contributed by atoms with van der Waals surface area (Å²) in [6.07, 6.45) is 56.1. The molecule has 1 N–H and O–H groups in total. The zero-order valence-corrected chi connectivity index (χ0v) is 46.8. The molecular formula is C60H118NO8+. The molecule has 0 aromatic heterocycles. The fourth-order valence-electron chi connectivity index (χ4n) is 9.19. The van der Waals surface area contributed by atoms with Crippen LogP contribution >= 0.6 is 0 Å². The van der Waals surface area contributed by atoms with Crippen molar-refractivity contribution in [1.29, 1.82) is 0 Å². The van der Waals surface area contributed by atoms with E-state index in [0.717, 1.165) is 38.5 Å². The number of likely N-dealkylation sites (N-methyl/N-ethyl adjacent to an activating group) is 1. The van der Waals surface area contributed by atoms with Gasteiger partial charge in [-0.25, -0.2) is 4.79 Å². The van der Waals surface area contributed by atoms with Crippen molar-refractivity contribution in [1.82, 2.24) is 0 Å². The van der Waals surface area contributed by atoms with E-state index in [1.807, 2.05) is 21.1 Å². The van der Waals surface area contributed by atoms with Gasteiger partial charge in [0, 0.05) is 12.8 Å². The number of esters is 2. The highest BCUT2D eigenvalue weighted by molar-refractivity contribution is 5.71. The first-order chi connectivity index (χ1) is 33.6. The summed E-state index contributed by atoms with van der Waals surface area (Å²) < 4.78 is 22.9. The van der Waals surface area contributed by atoms with Crippen LogP contribution in [0, 0.1) is 0 Å². The number of unbranched alkanes of at least 4 members (excludes halogenated alkanes) is 42. The lowest BCUT2D eigenvalue weighted by Gasteiger charge is -2.25. The van der Waals surface area contributed by atoms with E-state index in [9.17, 15) is 19.5 Å². The molecule has 0 aliphatic rings. The Morgan fingerprint density at radius 1 is 0.377 bits per heavy atom. The highest BCUT2D eigenvalue weighted by atomic mass is 16.7. The summed E-state index contributed by atoms with van der Waals surface area (Å²) in [4.78, 5) is 37.4. The third-order valence-electron chi connectivity index (χ3n) is 13.9. The van der Waals surface area contributed by atoms with Crippen LogP contribution in [0.5, 0.6) is 0 Å². The Bertz CT molecular complexity index is 1100. The van der Waals surface area contributed by atoms with Crippen LogP contribution in [0.3, 0.4) is 0 Å². The van der Waals surface area contributed by atoms with Crippen molar-refractivity contribution >= 4 is 17.9 Å². The van der Waals surface area contributed by atoms with Gasteiger partial charge in [-0.05, 0) is 12.8 Å². The van der Waals surface area contributed by atoms with Crippen molar-refractivity contribution in [2.75, 3.05) is 47.5 Å². The van der Waals surface area contributed by atoms with Crippen LogP contribution in [-0.2, 0) is 33.3 Å². The Morgan fingerprint density at radius 2 is 0.652 bits per heavy atom. The van der Waals surface area contributed by atoms with Crippen molar-refractivity contribution in [3.8, 4) is 0 Å². The second kappa shape index (κ2) is 52.6. The SMILES string of the molecule is CCCCCCCCCCCCCCCCCCCCCCCCCCC(=O)OC(COC(=O)CCCCCCCCCCCCCCCCCCCCCC)COC(OCC[N+](C)(C)C)C(=O)O. The van der Waals surface area contributed by atoms with Crippen LogP contribution in [0.15, 0.2) is 0 Å². The quantitative estimate of drug-likeness (QED) is 0.0278. The van der Waals surface area contributed by atoms with E-state index in [0.29, 0.717) is 17.4 Å². The molecule has 0 aromatic rings. The number of carboxylic acid groups (broad SMARTS) is 1. The number of hydrogen-bond acceptors (Lipinski definition) is 7. The van der Waals surface area contributed by atoms with E-state index in [1.165, 1.54) is 244 Å². The van der Waals surface area contributed by atoms with E-state index in [-0.39, 0.29) is 38.2 Å². The lowest BCUT2D eigenvalue weighted by Crippen LogP contribution is -2.40. The summed E-state index contributed by atoms with van der Waals surface area (Å²) in [7, 11) is 5.99. The van der Waals surface area contributed by atoms with E-state index >= 15 is 0 Å². The largest absolute Gasteiger partial charge is 0.477 e. The maximum atomic E-state index is 12.9. The lowest BCUT2D eigenvalue weighted by molar-refractivity contribution is -0.870. The molecule has 0 saturated heterocycles. The number of ether oxygens (including phenoxy) is 4. The molecule has 2 atom stereocenters. The van der Waals surface area contributed by atoms with Crippen LogP contribution in [0.25, 0.3) is 0 Å². The number of carboxylic acids is 1. The number of carbonyl (C=O) groups excluding carboxylic acids is 2. The Kier molecular flexibility index (Phi) is 51.3. The highest BCUT2D eigenvalue weighted by Crippen LogP contribution is 2.18. The molecule has 9 nitrogen and oxygen atoms in total. The minimum absolute atomic E-state index is 0.172. The summed E-state index contributed by atoms with van der Waals surface area (Å²) in [5.74, 6) is -1.97. The Hall–Kier alpha value is -1.71. The fraction of sp³-hybridized carbons (Fsp3) is 0.950. The normalized spacial score (nSPS) is 12.7. The van der Waals surface area contributed by atoms with E-state index < -0.39 is 18.4 Å². The zero-order chi connectivity index (χ0) is 50.6. The van der Waals surface area contributed by atoms with Crippen molar-refractivity contribution in [2.45, 2.75) is 322 Å². The molecular weight excluding hydrogens is 863 g/mol. The smallest absolute Gasteiger partial charge is 0.361 e. The van der Waals surface area contributed by atoms with Crippen LogP contribution in [0.2, 0.25) is 0 Å². The van der Waals surface area contributed by atoms with Gasteiger partial charge in [0.15, 0.2) is 6.10 Å². The van der Waals surface area contributed by atoms with E-state index in [2.05, 4.69) is 13.8 Å². The Morgan fingerprint density at radius 3 is 0.928 bits per heavy atom. The first-order valence-electron chi connectivity index (χ1n) is 30.2. The van der Waals surface area contributed by atoms with Crippen molar-refractivity contribution in [3.63, 3.8) is 0 Å². The third-order valence-corrected chi connectivity index (χ3v) is 13.9. The van der Waals surface area contributed by atoms with Crippen molar-refractivity contribution in [3.05, 3.63) is 0 Å². The zero-order valence-electron chi connectivity index (χ0n) is 46.8. The van der Waals surface area contributed by atoms with Crippen molar-refractivity contribution < 1.29 is 42.9 Å². The second-order valence-corrected chi connectivity index (χ2v) is 22.0. The Balaban J connectivity index is 4.16. The molecule has 0 radical (unpaired) electrons. The van der Waals surface area contributed by atoms with E-state index in [4.69, 9.17) is 18.9 Å². The number of quaternary nitrogens is 1. The van der Waals surface area contributed by atoms with Gasteiger partial charge in [0.2, 0.25) is 0 Å². The van der Waals surface area contributed by atoms with E-state index in [1.54, 1.807) is 0 Å². The average molecular weight is 982 g/mol. The lowest BCUT2D eigenvalue weighted by atomic mass is 10.0. The van der Waals surface area contributed by atoms with Crippen LogP contribution in [0.1, 0.15) is 309 Å². The molecule has 0 aromatic carbocycles. The first kappa shape index (κ1) is 67.3. The standard InChI is InChI=1S/C60H117NO8/c1-6-8-10-12-14-16-18-20-22-24-26-28-29-30-31-33-35-37-39-41-43-45-47-49-51-58(63)69-56(55-68-60(59(64)65)66-53-52-61(3,4)5)54-67-57(62)50-48-46-44-42-40-38-36-34-32-27-25-23-21-19-17-15-13-11-9-7-2/h56,60H,6-55H2,1-5H3/p+1. The van der Waals surface area contributed by atoms with Gasteiger partial charge in [0.05, 0.1) is 34.4 Å². The van der Waals surface area contributed by atoms with Crippen molar-refractivity contribution in [2.24, 2.45) is 0 Å². The Labute approximate surface area is 428 Å². The predicted molar refractivity (Wildman–Crippen MR) is 291 cm³/mol. The number of carbonyl (C=O) groups is 3. The van der Waals surface area contributed by atoms with Gasteiger partial charge in [-0.2, -0.15) is 0 Å². The van der Waals surface area contributed by atoms with Gasteiger partial charge in [0.25, 0.3) is 6.29 Å². The molecule has 2 unspecified atom stereocenters.